The number of hydrogen-bond acceptors (Lipinski definition) is 4. The number of aromatic nitrogens is 2. The van der Waals surface area contributed by atoms with Crippen LogP contribution < -0.4 is 14.5 Å². The molecule has 5 nitrogen and oxygen atoms in total. The van der Waals surface area contributed by atoms with Crippen molar-refractivity contribution in [3.63, 3.8) is 0 Å². The van der Waals surface area contributed by atoms with Crippen molar-refractivity contribution in [1.82, 2.24) is 9.55 Å². The van der Waals surface area contributed by atoms with E-state index in [0.29, 0.717) is 6.67 Å². The van der Waals surface area contributed by atoms with Gasteiger partial charge in [0, 0.05) is 63.2 Å². The molecule has 0 spiro atoms. The Labute approximate surface area is 444 Å². The highest BCUT2D eigenvalue weighted by atomic mass is 16.5. The number of nitrogens with zero attached hydrogens (tertiary/aromatic N) is 4. The van der Waals surface area contributed by atoms with Gasteiger partial charge in [0.05, 0.1) is 17.7 Å². The number of allylic oxidation sites excluding steroid dienone is 1. The molecule has 8 aromatic carbocycles. The minimum absolute atomic E-state index is 0.0512. The molecular formula is C70H68N4O. The second-order valence-corrected chi connectivity index (χ2v) is 23.5. The molecule has 11 rings (SSSR count). The van der Waals surface area contributed by atoms with Gasteiger partial charge < -0.3 is 14.5 Å². The first kappa shape index (κ1) is 49.1. The smallest absolute Gasteiger partial charge is 0.137 e. The van der Waals surface area contributed by atoms with E-state index in [9.17, 15) is 0 Å². The Bertz CT molecular complexity index is 3730. The molecule has 0 saturated carbocycles. The first-order chi connectivity index (χ1) is 35.9. The topological polar surface area (TPSA) is 33.5 Å². The highest BCUT2D eigenvalue weighted by Crippen LogP contribution is 2.45. The van der Waals surface area contributed by atoms with Gasteiger partial charge in [0.25, 0.3) is 0 Å². The number of ether oxygens (including phenoxy) is 1. The molecule has 0 amide bonds. The van der Waals surface area contributed by atoms with Gasteiger partial charge in [0.15, 0.2) is 0 Å². The Balaban J connectivity index is 1.04. The maximum Gasteiger partial charge on any atom is 0.137 e. The summed E-state index contributed by atoms with van der Waals surface area (Å²) < 4.78 is 9.49. The van der Waals surface area contributed by atoms with E-state index in [-0.39, 0.29) is 21.7 Å². The molecule has 3 heterocycles. The van der Waals surface area contributed by atoms with Crippen LogP contribution in [-0.2, 0) is 21.7 Å². The maximum absolute atomic E-state index is 7.18. The summed E-state index contributed by atoms with van der Waals surface area (Å²) in [6.45, 7) is 23.7. The number of hydrogen-bond donors (Lipinski definition) is 0. The van der Waals surface area contributed by atoms with Gasteiger partial charge in [-0.1, -0.05) is 203 Å². The van der Waals surface area contributed by atoms with Crippen LogP contribution in [0.1, 0.15) is 97.1 Å². The molecule has 75 heavy (non-hydrogen) atoms. The van der Waals surface area contributed by atoms with Crippen LogP contribution in [0.3, 0.4) is 0 Å². The van der Waals surface area contributed by atoms with Gasteiger partial charge in [-0.05, 0) is 122 Å². The molecular weight excluding hydrogens is 913 g/mol. The lowest BCUT2D eigenvalue weighted by molar-refractivity contribution is 0.479. The van der Waals surface area contributed by atoms with Gasteiger partial charge in [-0.3, -0.25) is 4.57 Å². The van der Waals surface area contributed by atoms with Crippen LogP contribution in [0.25, 0.3) is 49.9 Å². The number of benzene rings is 8. The molecule has 374 valence electrons. The molecule has 1 aliphatic rings. The summed E-state index contributed by atoms with van der Waals surface area (Å²) in [5.74, 6) is 2.40. The summed E-state index contributed by atoms with van der Waals surface area (Å²) >= 11 is 0. The Hall–Kier alpha value is -8.15. The summed E-state index contributed by atoms with van der Waals surface area (Å²) in [7, 11) is 0. The summed E-state index contributed by atoms with van der Waals surface area (Å²) in [4.78, 5) is 10.0. The molecule has 0 radical (unpaired) electrons. The average molecular weight is 981 g/mol. The van der Waals surface area contributed by atoms with E-state index in [1.807, 2.05) is 6.20 Å². The number of pyridine rings is 1. The Morgan fingerprint density at radius 3 is 1.63 bits per heavy atom. The largest absolute Gasteiger partial charge is 0.457 e. The van der Waals surface area contributed by atoms with Crippen LogP contribution in [0, 0.1) is 0 Å². The Morgan fingerprint density at radius 2 is 0.987 bits per heavy atom. The van der Waals surface area contributed by atoms with Gasteiger partial charge in [0.2, 0.25) is 0 Å². The normalized spacial score (nSPS) is 13.4. The standard InChI is InChI=1S/C70H68N4O/c1-67(2,3)55-37-51(49-25-17-12-18-26-49)38-57(40-55)72-46-65(70(9,10)53-29-21-14-22-30-53)73(47-72)58-41-56(68(4,5)6)42-60(44-58)75-59-32-33-61-62-39-50(48-23-15-11-16-24-48)31-34-63(62)74(64(61)45-59)66-43-54(35-36-71-66)69(7,8)52-27-19-13-20-28-52/h11-46H,47H2,1-10H3. The molecule has 0 unspecified atom stereocenters. The molecule has 10 aromatic rings. The second-order valence-electron chi connectivity index (χ2n) is 23.5. The van der Waals surface area contributed by atoms with Crippen molar-refractivity contribution < 1.29 is 4.74 Å². The maximum atomic E-state index is 7.18. The third kappa shape index (κ3) is 9.53. The van der Waals surface area contributed by atoms with Gasteiger partial charge >= 0.3 is 0 Å². The summed E-state index contributed by atoms with van der Waals surface area (Å²) in [5.41, 5.74) is 15.7. The minimum atomic E-state index is -0.348. The van der Waals surface area contributed by atoms with Crippen LogP contribution in [0.5, 0.6) is 11.5 Å². The van der Waals surface area contributed by atoms with Crippen LogP contribution in [-0.4, -0.2) is 16.2 Å². The van der Waals surface area contributed by atoms with E-state index in [1.54, 1.807) is 0 Å². The van der Waals surface area contributed by atoms with E-state index in [0.717, 1.165) is 50.5 Å². The summed E-state index contributed by atoms with van der Waals surface area (Å²) in [5, 5.41) is 2.29. The van der Waals surface area contributed by atoms with Crippen molar-refractivity contribution >= 4 is 33.2 Å². The fourth-order valence-corrected chi connectivity index (χ4v) is 10.8. The highest BCUT2D eigenvalue weighted by molar-refractivity contribution is 6.10. The van der Waals surface area contributed by atoms with Crippen molar-refractivity contribution in [1.29, 1.82) is 0 Å². The highest BCUT2D eigenvalue weighted by Gasteiger charge is 2.37. The van der Waals surface area contributed by atoms with Gasteiger partial charge in [-0.25, -0.2) is 4.98 Å². The van der Waals surface area contributed by atoms with Crippen LogP contribution in [0.4, 0.5) is 11.4 Å². The zero-order valence-corrected chi connectivity index (χ0v) is 45.2. The molecule has 5 heteroatoms. The fourth-order valence-electron chi connectivity index (χ4n) is 10.8. The third-order valence-corrected chi connectivity index (χ3v) is 15.6. The average Bonchev–Trinajstić information content (AvgIpc) is 4.03. The van der Waals surface area contributed by atoms with Crippen molar-refractivity contribution in [2.24, 2.45) is 0 Å². The molecule has 0 bridgehead atoms. The number of fused-ring (bicyclic) bond motifs is 3. The lowest BCUT2D eigenvalue weighted by Crippen LogP contribution is -2.34. The molecule has 0 fully saturated rings. The minimum Gasteiger partial charge on any atom is -0.457 e. The lowest BCUT2D eigenvalue weighted by Gasteiger charge is -2.35. The quantitative estimate of drug-likeness (QED) is 0.129. The summed E-state index contributed by atoms with van der Waals surface area (Å²) in [6, 6.07) is 74.7. The first-order valence-corrected chi connectivity index (χ1v) is 26.4. The molecule has 0 N–H and O–H groups in total. The molecule has 0 saturated heterocycles. The fraction of sp³-hybridized carbons (Fsp3) is 0.214. The van der Waals surface area contributed by atoms with Gasteiger partial charge in [0.1, 0.15) is 17.3 Å². The Kier molecular flexibility index (Phi) is 12.4. The first-order valence-electron chi connectivity index (χ1n) is 26.4. The monoisotopic (exact) mass is 981 g/mol. The van der Waals surface area contributed by atoms with E-state index < -0.39 is 0 Å². The van der Waals surface area contributed by atoms with E-state index in [4.69, 9.17) is 9.72 Å². The SMILES string of the molecule is CC(C)(C)c1cc(-c2ccccc2)cc(N2C=C(C(C)(C)c3ccccc3)N(c3cc(Oc4ccc5c6cc(-c7ccccc7)ccc6n(-c6cc(C(C)(C)c7ccccc7)ccn6)c5c4)cc(C(C)(C)C)c3)C2)c1. The van der Waals surface area contributed by atoms with Crippen LogP contribution in [0.15, 0.2) is 224 Å². The van der Waals surface area contributed by atoms with E-state index in [1.165, 1.54) is 55.8 Å². The predicted octanol–water partition coefficient (Wildman–Crippen LogP) is 18.3. The number of anilines is 2. The third-order valence-electron chi connectivity index (χ3n) is 15.6. The molecule has 0 aliphatic carbocycles. The van der Waals surface area contributed by atoms with E-state index in [2.05, 4.69) is 296 Å². The molecule has 1 aliphatic heterocycles. The van der Waals surface area contributed by atoms with Crippen molar-refractivity contribution in [2.75, 3.05) is 16.5 Å². The van der Waals surface area contributed by atoms with Crippen LogP contribution in [0.2, 0.25) is 0 Å². The Morgan fingerprint density at radius 1 is 0.400 bits per heavy atom. The van der Waals surface area contributed by atoms with Crippen molar-refractivity contribution in [3.8, 4) is 39.6 Å². The second kappa shape index (κ2) is 19.0. The zero-order valence-electron chi connectivity index (χ0n) is 45.2. The van der Waals surface area contributed by atoms with Gasteiger partial charge in [-0.2, -0.15) is 0 Å². The molecule has 0 atom stereocenters. The lowest BCUT2D eigenvalue weighted by atomic mass is 9.78. The van der Waals surface area contributed by atoms with Gasteiger partial charge in [-0.15, -0.1) is 0 Å². The van der Waals surface area contributed by atoms with Crippen molar-refractivity contribution in [3.05, 3.63) is 252 Å². The number of rotatable bonds is 11. The predicted molar refractivity (Wildman–Crippen MR) is 316 cm³/mol. The van der Waals surface area contributed by atoms with Crippen molar-refractivity contribution in [2.45, 2.75) is 90.9 Å². The zero-order chi connectivity index (χ0) is 52.3. The summed E-state index contributed by atoms with van der Waals surface area (Å²) in [6.07, 6.45) is 4.34. The molecule has 2 aromatic heterocycles. The van der Waals surface area contributed by atoms with Crippen LogP contribution >= 0.6 is 0 Å². The van der Waals surface area contributed by atoms with E-state index >= 15 is 0 Å².